The molecule has 1 saturated heterocycles. The number of nitro benzene ring substituents is 1. The van der Waals surface area contributed by atoms with E-state index in [-0.39, 0.29) is 35.1 Å². The summed E-state index contributed by atoms with van der Waals surface area (Å²) in [6.45, 7) is 1.24. The van der Waals surface area contributed by atoms with Gasteiger partial charge in [-0.15, -0.1) is 0 Å². The van der Waals surface area contributed by atoms with Crippen molar-refractivity contribution in [2.75, 3.05) is 18.6 Å². The summed E-state index contributed by atoms with van der Waals surface area (Å²) < 4.78 is 6.94. The minimum Gasteiger partial charge on any atom is -0.469 e. The topological polar surface area (TPSA) is 94.7 Å². The van der Waals surface area contributed by atoms with E-state index in [1.54, 1.807) is 24.3 Å². The Labute approximate surface area is 166 Å². The Balaban J connectivity index is 1.63. The summed E-state index contributed by atoms with van der Waals surface area (Å²) in [5.74, 6) is -0.407. The van der Waals surface area contributed by atoms with Gasteiger partial charge in [0.25, 0.3) is 11.2 Å². The molecule has 4 atom stereocenters. The summed E-state index contributed by atoms with van der Waals surface area (Å²) in [7, 11) is 1.38. The molecule has 1 fully saturated rings. The van der Waals surface area contributed by atoms with Crippen LogP contribution in [0.1, 0.15) is 23.6 Å². The van der Waals surface area contributed by atoms with E-state index in [4.69, 9.17) is 4.74 Å². The van der Waals surface area contributed by atoms with Crippen molar-refractivity contribution in [3.63, 3.8) is 0 Å². The monoisotopic (exact) mass is 395 g/mol. The molecule has 2 aromatic rings. The summed E-state index contributed by atoms with van der Waals surface area (Å²) >= 11 is 0. The fraction of sp³-hybridized carbons (Fsp3) is 0.429. The van der Waals surface area contributed by atoms with Crippen molar-refractivity contribution < 1.29 is 14.5 Å². The first-order valence-corrected chi connectivity index (χ1v) is 9.79. The number of benzene rings is 1. The number of esters is 1. The van der Waals surface area contributed by atoms with Crippen LogP contribution in [0.25, 0.3) is 0 Å². The third-order valence-corrected chi connectivity index (χ3v) is 6.71. The van der Waals surface area contributed by atoms with Crippen molar-refractivity contribution in [1.29, 1.82) is 0 Å². The number of rotatable bonds is 2. The molecule has 1 aromatic carbocycles. The van der Waals surface area contributed by atoms with E-state index < -0.39 is 10.8 Å². The number of carbonyl (C=O) groups excluding carboxylic acids is 1. The maximum Gasteiger partial charge on any atom is 0.311 e. The first kappa shape index (κ1) is 17.9. The first-order valence-electron chi connectivity index (χ1n) is 9.79. The zero-order valence-corrected chi connectivity index (χ0v) is 16.0. The van der Waals surface area contributed by atoms with E-state index in [1.807, 2.05) is 10.6 Å². The van der Waals surface area contributed by atoms with Crippen molar-refractivity contribution >= 4 is 17.3 Å². The first-order chi connectivity index (χ1) is 14.0. The van der Waals surface area contributed by atoms with E-state index in [1.165, 1.54) is 13.2 Å². The van der Waals surface area contributed by atoms with Gasteiger partial charge in [0.15, 0.2) is 0 Å². The molecule has 0 radical (unpaired) electrons. The maximum atomic E-state index is 12.7. The number of fused-ring (bicyclic) bond motifs is 8. The van der Waals surface area contributed by atoms with E-state index in [0.717, 1.165) is 23.4 Å². The lowest BCUT2D eigenvalue weighted by molar-refractivity contribution is -0.384. The fourth-order valence-electron chi connectivity index (χ4n) is 5.58. The quantitative estimate of drug-likeness (QED) is 0.439. The standard InChI is InChI=1S/C21H21N3O5/c1-29-21(26)16-9-12-8-15(24(27)28)5-6-18(12)23-10-13-7-14(20(16)23)11-22-17(13)3-2-4-19(22)25/h2-6,8,13-14,16,20H,7,9-11H2,1H3/t13-,14+,16+,20+/m1/s1. The highest BCUT2D eigenvalue weighted by molar-refractivity contribution is 5.77. The molecule has 4 heterocycles. The number of methoxy groups -OCH3 is 1. The van der Waals surface area contributed by atoms with Gasteiger partial charge in [-0.2, -0.15) is 0 Å². The van der Waals surface area contributed by atoms with Crippen LogP contribution in [0.2, 0.25) is 0 Å². The fourth-order valence-corrected chi connectivity index (χ4v) is 5.58. The molecule has 8 heteroatoms. The molecule has 5 rings (SSSR count). The Morgan fingerprint density at radius 2 is 2.07 bits per heavy atom. The molecule has 150 valence electrons. The number of non-ortho nitro benzene ring substituents is 1. The number of hydrogen-bond acceptors (Lipinski definition) is 6. The number of piperidine rings is 1. The zero-order valence-electron chi connectivity index (χ0n) is 16.0. The number of nitrogens with zero attached hydrogens (tertiary/aromatic N) is 3. The number of hydrogen-bond donors (Lipinski definition) is 0. The molecule has 0 spiro atoms. The molecule has 1 aromatic heterocycles. The molecule has 2 bridgehead atoms. The van der Waals surface area contributed by atoms with Crippen molar-refractivity contribution in [2.45, 2.75) is 31.3 Å². The lowest BCUT2D eigenvalue weighted by Crippen LogP contribution is -2.60. The molecule has 0 unspecified atom stereocenters. The molecule has 29 heavy (non-hydrogen) atoms. The summed E-state index contributed by atoms with van der Waals surface area (Å²) in [6, 6.07) is 10.2. The van der Waals surface area contributed by atoms with Crippen LogP contribution >= 0.6 is 0 Å². The van der Waals surface area contributed by atoms with Crippen LogP contribution < -0.4 is 10.5 Å². The second kappa shape index (κ2) is 6.43. The van der Waals surface area contributed by atoms with Crippen LogP contribution in [-0.2, 0) is 22.5 Å². The third kappa shape index (κ3) is 2.66. The number of anilines is 1. The molecular weight excluding hydrogens is 374 g/mol. The predicted octanol–water partition coefficient (Wildman–Crippen LogP) is 2.09. The van der Waals surface area contributed by atoms with Crippen LogP contribution in [0.4, 0.5) is 11.4 Å². The van der Waals surface area contributed by atoms with Gasteiger partial charge in [-0.3, -0.25) is 19.7 Å². The van der Waals surface area contributed by atoms with Gasteiger partial charge in [-0.1, -0.05) is 6.07 Å². The summed E-state index contributed by atoms with van der Waals surface area (Å²) in [5, 5.41) is 11.2. The van der Waals surface area contributed by atoms with Crippen LogP contribution in [0.3, 0.4) is 0 Å². The van der Waals surface area contributed by atoms with Crippen LogP contribution in [0.5, 0.6) is 0 Å². The summed E-state index contributed by atoms with van der Waals surface area (Å²) in [4.78, 5) is 38.1. The number of ether oxygens (including phenoxy) is 1. The Bertz CT molecular complexity index is 1080. The smallest absolute Gasteiger partial charge is 0.311 e. The minimum absolute atomic E-state index is 0.00731. The predicted molar refractivity (Wildman–Crippen MR) is 105 cm³/mol. The van der Waals surface area contributed by atoms with Gasteiger partial charge in [0.1, 0.15) is 0 Å². The lowest BCUT2D eigenvalue weighted by Gasteiger charge is -2.53. The lowest BCUT2D eigenvalue weighted by atomic mass is 9.70. The molecule has 3 aliphatic heterocycles. The Kier molecular flexibility index (Phi) is 3.97. The number of carbonyl (C=O) groups is 1. The molecular formula is C21H21N3O5. The maximum absolute atomic E-state index is 12.7. The number of pyridine rings is 1. The van der Waals surface area contributed by atoms with E-state index in [9.17, 15) is 19.7 Å². The van der Waals surface area contributed by atoms with Crippen molar-refractivity contribution in [1.82, 2.24) is 4.57 Å². The molecule has 0 N–H and O–H groups in total. The normalized spacial score (nSPS) is 26.7. The molecule has 0 amide bonds. The second-order valence-corrected chi connectivity index (χ2v) is 8.14. The Morgan fingerprint density at radius 3 is 2.83 bits per heavy atom. The van der Waals surface area contributed by atoms with E-state index in [0.29, 0.717) is 19.5 Å². The summed E-state index contributed by atoms with van der Waals surface area (Å²) in [6.07, 6.45) is 1.32. The third-order valence-electron chi connectivity index (χ3n) is 6.71. The summed E-state index contributed by atoms with van der Waals surface area (Å²) in [5.41, 5.74) is 2.79. The van der Waals surface area contributed by atoms with Crippen LogP contribution in [0.15, 0.2) is 41.2 Å². The van der Waals surface area contributed by atoms with Crippen molar-refractivity contribution in [3.05, 3.63) is 68.1 Å². The van der Waals surface area contributed by atoms with E-state index in [2.05, 4.69) is 4.90 Å². The molecule has 0 saturated carbocycles. The van der Waals surface area contributed by atoms with Gasteiger partial charge in [-0.05, 0) is 36.5 Å². The van der Waals surface area contributed by atoms with Gasteiger partial charge in [0, 0.05) is 54.6 Å². The highest BCUT2D eigenvalue weighted by Gasteiger charge is 2.49. The molecule has 0 aliphatic carbocycles. The average Bonchev–Trinajstić information content (AvgIpc) is 2.73. The Morgan fingerprint density at radius 1 is 1.24 bits per heavy atom. The number of nitro groups is 1. The van der Waals surface area contributed by atoms with Crippen LogP contribution in [-0.4, -0.2) is 35.2 Å². The van der Waals surface area contributed by atoms with Gasteiger partial charge >= 0.3 is 5.97 Å². The highest BCUT2D eigenvalue weighted by atomic mass is 16.6. The van der Waals surface area contributed by atoms with Crippen molar-refractivity contribution in [3.8, 4) is 0 Å². The largest absolute Gasteiger partial charge is 0.469 e. The molecule has 3 aliphatic rings. The van der Waals surface area contributed by atoms with Crippen LogP contribution in [0, 0.1) is 22.0 Å². The highest BCUT2D eigenvalue weighted by Crippen LogP contribution is 2.47. The van der Waals surface area contributed by atoms with E-state index >= 15 is 0 Å². The van der Waals surface area contributed by atoms with Gasteiger partial charge in [0.2, 0.25) is 0 Å². The van der Waals surface area contributed by atoms with Crippen molar-refractivity contribution in [2.24, 2.45) is 11.8 Å². The Hall–Kier alpha value is -3.16. The second-order valence-electron chi connectivity index (χ2n) is 8.14. The SMILES string of the molecule is COC(=O)[C@H]1Cc2cc([N+](=O)[O-])ccc2N2C[C@H]3C[C@@H](Cn4c3cccc4=O)[C@@H]12. The number of aromatic nitrogens is 1. The molecule has 8 nitrogen and oxygen atoms in total. The minimum atomic E-state index is -0.415. The van der Waals surface area contributed by atoms with Gasteiger partial charge in [-0.25, -0.2) is 0 Å². The van der Waals surface area contributed by atoms with Gasteiger partial charge in [0.05, 0.1) is 18.0 Å². The zero-order chi connectivity index (χ0) is 20.3. The average molecular weight is 395 g/mol. The van der Waals surface area contributed by atoms with Gasteiger partial charge < -0.3 is 14.2 Å².